The van der Waals surface area contributed by atoms with Crippen LogP contribution in [0.15, 0.2) is 29.2 Å². The van der Waals surface area contributed by atoms with Crippen molar-refractivity contribution < 1.29 is 5.11 Å². The van der Waals surface area contributed by atoms with Crippen LogP contribution >= 0.6 is 11.8 Å². The van der Waals surface area contributed by atoms with Gasteiger partial charge in [0.05, 0.1) is 6.10 Å². The summed E-state index contributed by atoms with van der Waals surface area (Å²) in [6.07, 6.45) is 1.94. The zero-order valence-electron chi connectivity index (χ0n) is 10.4. The summed E-state index contributed by atoms with van der Waals surface area (Å²) in [6, 6.07) is 8.35. The van der Waals surface area contributed by atoms with Crippen LogP contribution in [0.5, 0.6) is 0 Å². The molecule has 1 aromatic carbocycles. The molecule has 0 aliphatic carbocycles. The minimum Gasteiger partial charge on any atom is -0.392 e. The number of thioether (sulfide) groups is 1. The van der Waals surface area contributed by atoms with Gasteiger partial charge in [0.1, 0.15) is 0 Å². The highest BCUT2D eigenvalue weighted by Crippen LogP contribution is 2.25. The first kappa shape index (κ1) is 13.6. The summed E-state index contributed by atoms with van der Waals surface area (Å²) < 4.78 is 0. The van der Waals surface area contributed by atoms with Crippen LogP contribution in [0.25, 0.3) is 0 Å². The third-order valence-electron chi connectivity index (χ3n) is 3.10. The number of aliphatic hydroxyl groups is 1. The van der Waals surface area contributed by atoms with E-state index in [1.807, 2.05) is 0 Å². The molecule has 1 unspecified atom stereocenters. The van der Waals surface area contributed by atoms with E-state index >= 15 is 0 Å². The van der Waals surface area contributed by atoms with Crippen LogP contribution in [-0.2, 0) is 0 Å². The Bertz CT molecular complexity index is 307. The van der Waals surface area contributed by atoms with Crippen molar-refractivity contribution >= 4 is 11.8 Å². The molecule has 0 aromatic heterocycles. The highest BCUT2D eigenvalue weighted by Gasteiger charge is 2.15. The van der Waals surface area contributed by atoms with Crippen molar-refractivity contribution in [1.82, 2.24) is 0 Å². The summed E-state index contributed by atoms with van der Waals surface area (Å²) in [5.74, 6) is 1.24. The van der Waals surface area contributed by atoms with Crippen LogP contribution < -0.4 is 0 Å². The maximum absolute atomic E-state index is 10.0. The normalized spacial score (nSPS) is 13.1. The molecule has 0 aliphatic heterocycles. The molecule has 0 amide bonds. The minimum atomic E-state index is -0.181. The summed E-state index contributed by atoms with van der Waals surface area (Å²) in [6.45, 7) is 6.41. The first-order valence-electron chi connectivity index (χ1n) is 6.05. The Morgan fingerprint density at radius 3 is 2.38 bits per heavy atom. The molecule has 90 valence electrons. The molecule has 1 aromatic rings. The maximum atomic E-state index is 10.0. The molecular formula is C14H22OS. The van der Waals surface area contributed by atoms with Crippen LogP contribution in [0.3, 0.4) is 0 Å². The van der Waals surface area contributed by atoms with Crippen molar-refractivity contribution in [3.05, 3.63) is 29.8 Å². The largest absolute Gasteiger partial charge is 0.392 e. The summed E-state index contributed by atoms with van der Waals surface area (Å²) >= 11 is 1.76. The molecule has 1 nitrogen and oxygen atoms in total. The molecule has 1 N–H and O–H groups in total. The molecular weight excluding hydrogens is 216 g/mol. The quantitative estimate of drug-likeness (QED) is 0.759. The van der Waals surface area contributed by atoms with Crippen molar-refractivity contribution in [3.8, 4) is 0 Å². The van der Waals surface area contributed by atoms with Gasteiger partial charge < -0.3 is 5.11 Å². The van der Waals surface area contributed by atoms with Gasteiger partial charge in [0, 0.05) is 10.6 Å². The molecule has 0 aliphatic rings. The molecule has 0 heterocycles. The van der Waals surface area contributed by atoms with Gasteiger partial charge in [-0.3, -0.25) is 0 Å². The van der Waals surface area contributed by atoms with E-state index in [-0.39, 0.29) is 6.10 Å². The van der Waals surface area contributed by atoms with E-state index in [9.17, 15) is 5.11 Å². The number of hydrogen-bond donors (Lipinski definition) is 1. The standard InChI is InChI=1S/C14H22OS/c1-4-12(5-2)13(15)10-16-14-9-7-6-8-11(14)3/h6-9,12-13,15H,4-5,10H2,1-3H3. The Hall–Kier alpha value is -0.470. The molecule has 0 spiro atoms. The molecule has 16 heavy (non-hydrogen) atoms. The second-order valence-corrected chi connectivity index (χ2v) is 5.28. The van der Waals surface area contributed by atoms with E-state index in [4.69, 9.17) is 0 Å². The molecule has 0 radical (unpaired) electrons. The van der Waals surface area contributed by atoms with Gasteiger partial charge in [0.15, 0.2) is 0 Å². The van der Waals surface area contributed by atoms with Crippen molar-refractivity contribution in [2.45, 2.75) is 44.6 Å². The summed E-state index contributed by atoms with van der Waals surface area (Å²) in [4.78, 5) is 1.28. The van der Waals surface area contributed by atoms with E-state index in [1.165, 1.54) is 10.5 Å². The van der Waals surface area contributed by atoms with Gasteiger partial charge in [0.25, 0.3) is 0 Å². The molecule has 0 fully saturated rings. The zero-order chi connectivity index (χ0) is 12.0. The first-order valence-corrected chi connectivity index (χ1v) is 7.04. The lowest BCUT2D eigenvalue weighted by Crippen LogP contribution is -2.21. The third-order valence-corrected chi connectivity index (χ3v) is 4.37. The van der Waals surface area contributed by atoms with Crippen LogP contribution in [0, 0.1) is 12.8 Å². The number of benzene rings is 1. The second kappa shape index (κ2) is 6.97. The van der Waals surface area contributed by atoms with Crippen LogP contribution in [0.2, 0.25) is 0 Å². The van der Waals surface area contributed by atoms with Gasteiger partial charge in [-0.15, -0.1) is 11.8 Å². The third kappa shape index (κ3) is 3.84. The van der Waals surface area contributed by atoms with E-state index < -0.39 is 0 Å². The Kier molecular flexibility index (Phi) is 5.93. The maximum Gasteiger partial charge on any atom is 0.0662 e. The first-order chi connectivity index (χ1) is 7.69. The highest BCUT2D eigenvalue weighted by molar-refractivity contribution is 7.99. The van der Waals surface area contributed by atoms with E-state index in [2.05, 4.69) is 45.0 Å². The lowest BCUT2D eigenvalue weighted by molar-refractivity contribution is 0.125. The number of aryl methyl sites for hydroxylation is 1. The number of hydrogen-bond acceptors (Lipinski definition) is 2. The fourth-order valence-electron chi connectivity index (χ4n) is 1.86. The van der Waals surface area contributed by atoms with Crippen molar-refractivity contribution in [3.63, 3.8) is 0 Å². The van der Waals surface area contributed by atoms with Gasteiger partial charge in [0.2, 0.25) is 0 Å². The number of aliphatic hydroxyl groups excluding tert-OH is 1. The molecule has 2 heteroatoms. The van der Waals surface area contributed by atoms with Crippen molar-refractivity contribution in [1.29, 1.82) is 0 Å². The summed E-state index contributed by atoms with van der Waals surface area (Å²) in [5, 5.41) is 10.0. The minimum absolute atomic E-state index is 0.181. The zero-order valence-corrected chi connectivity index (χ0v) is 11.3. The van der Waals surface area contributed by atoms with Crippen LogP contribution in [-0.4, -0.2) is 17.0 Å². The smallest absolute Gasteiger partial charge is 0.0662 e. The predicted molar refractivity (Wildman–Crippen MR) is 72.0 cm³/mol. The van der Waals surface area contributed by atoms with E-state index in [1.54, 1.807) is 11.8 Å². The monoisotopic (exact) mass is 238 g/mol. The topological polar surface area (TPSA) is 20.2 Å². The summed E-state index contributed by atoms with van der Waals surface area (Å²) in [7, 11) is 0. The average molecular weight is 238 g/mol. The fourth-order valence-corrected chi connectivity index (χ4v) is 2.96. The molecule has 0 saturated carbocycles. The molecule has 0 saturated heterocycles. The van der Waals surface area contributed by atoms with Gasteiger partial charge in [-0.05, 0) is 24.5 Å². The van der Waals surface area contributed by atoms with Crippen molar-refractivity contribution in [2.75, 3.05) is 5.75 Å². The molecule has 0 bridgehead atoms. The Morgan fingerprint density at radius 2 is 1.81 bits per heavy atom. The Labute approximate surface area is 103 Å². The lowest BCUT2D eigenvalue weighted by atomic mass is 9.98. The van der Waals surface area contributed by atoms with Crippen molar-refractivity contribution in [2.24, 2.45) is 5.92 Å². The molecule has 1 rings (SSSR count). The van der Waals surface area contributed by atoms with Gasteiger partial charge in [-0.25, -0.2) is 0 Å². The average Bonchev–Trinajstić information content (AvgIpc) is 2.29. The van der Waals surface area contributed by atoms with Crippen LogP contribution in [0.4, 0.5) is 0 Å². The fraction of sp³-hybridized carbons (Fsp3) is 0.571. The Morgan fingerprint density at radius 1 is 1.19 bits per heavy atom. The van der Waals surface area contributed by atoms with Gasteiger partial charge >= 0.3 is 0 Å². The van der Waals surface area contributed by atoms with E-state index in [0.29, 0.717) is 5.92 Å². The van der Waals surface area contributed by atoms with Crippen LogP contribution in [0.1, 0.15) is 32.3 Å². The van der Waals surface area contributed by atoms with Gasteiger partial charge in [-0.1, -0.05) is 44.9 Å². The highest BCUT2D eigenvalue weighted by atomic mass is 32.2. The number of rotatable bonds is 6. The summed E-state index contributed by atoms with van der Waals surface area (Å²) in [5.41, 5.74) is 1.30. The molecule has 1 atom stereocenters. The Balaban J connectivity index is 2.48. The lowest BCUT2D eigenvalue weighted by Gasteiger charge is -2.19. The predicted octanol–water partition coefficient (Wildman–Crippen LogP) is 3.88. The van der Waals surface area contributed by atoms with Gasteiger partial charge in [-0.2, -0.15) is 0 Å². The van der Waals surface area contributed by atoms with E-state index in [0.717, 1.165) is 18.6 Å². The second-order valence-electron chi connectivity index (χ2n) is 4.22. The SMILES string of the molecule is CCC(CC)C(O)CSc1ccccc1C.